The zero-order valence-corrected chi connectivity index (χ0v) is 10.1. The number of carbonyl (C=O) groups is 1. The minimum absolute atomic E-state index is 0.0512. The van der Waals surface area contributed by atoms with Crippen LogP contribution in [-0.2, 0) is 16.2 Å². The number of hydrogen-bond acceptors (Lipinski definition) is 2. The van der Waals surface area contributed by atoms with Gasteiger partial charge in [0.15, 0.2) is 0 Å². The molecule has 84 valence electrons. The average Bonchev–Trinajstić information content (AvgIpc) is 3.18. The number of nitrogens with one attached hydrogen (secondary N) is 1. The summed E-state index contributed by atoms with van der Waals surface area (Å²) < 4.78 is 0. The Hall–Kier alpha value is -1.16. The molecule has 0 aromatic heterocycles. The highest BCUT2D eigenvalue weighted by atomic mass is 16.6. The predicted octanol–water partition coefficient (Wildman–Crippen LogP) is -0.582. The van der Waals surface area contributed by atoms with E-state index in [-0.39, 0.29) is 11.7 Å². The van der Waals surface area contributed by atoms with Gasteiger partial charge in [-0.05, 0) is 5.56 Å². The van der Waals surface area contributed by atoms with E-state index in [1.165, 1.54) is 0 Å². The Balaban J connectivity index is 1.40. The quantitative estimate of drug-likeness (QED) is 0.549. The van der Waals surface area contributed by atoms with Crippen LogP contribution in [0.3, 0.4) is 0 Å². The van der Waals surface area contributed by atoms with Crippen molar-refractivity contribution in [3.8, 4) is 0 Å². The van der Waals surface area contributed by atoms with Gasteiger partial charge in [0.2, 0.25) is 5.91 Å². The normalized spacial score (nSPS) is 27.2. The van der Waals surface area contributed by atoms with Crippen molar-refractivity contribution in [3.63, 3.8) is 0 Å². The molecule has 3 nitrogen and oxygen atoms in total. The molecule has 2 unspecified atom stereocenters. The lowest BCUT2D eigenvalue weighted by Gasteiger charge is -2.16. The molecule has 3 rings (SSSR count). The molecule has 1 N–H and O–H groups in total. The number of fused-ring (bicyclic) bond motifs is 1. The Kier molecular flexibility index (Phi) is 2.37. The Morgan fingerprint density at radius 3 is 2.65 bits per heavy atom. The molecule has 0 aliphatic carbocycles. The molecule has 17 heavy (non-hydrogen) atoms. The zero-order valence-electron chi connectivity index (χ0n) is 10.1. The second-order valence-electron chi connectivity index (χ2n) is 5.64. The maximum atomic E-state index is 11.7. The van der Waals surface area contributed by atoms with E-state index in [4.69, 9.17) is 4.84 Å². The molecule has 0 saturated carbocycles. The molecule has 2 aliphatic rings. The van der Waals surface area contributed by atoms with Gasteiger partial charge in [-0.25, -0.2) is 5.48 Å². The lowest BCUT2D eigenvalue weighted by molar-refractivity contribution is -0.133. The molecule has 1 aromatic carbocycles. The standard InChI is InChI=1S/C11H14B3NO2/c12-11(13)9-8(14(9)11)10(16)15-17-6-7-4-2-1-3-5-7/h1-5,8-9H,6,12-13H2,(H,15,16). The van der Waals surface area contributed by atoms with E-state index in [0.717, 1.165) is 5.56 Å². The van der Waals surface area contributed by atoms with E-state index < -0.39 is 0 Å². The highest BCUT2D eigenvalue weighted by molar-refractivity contribution is 7.07. The van der Waals surface area contributed by atoms with Crippen LogP contribution in [0.5, 0.6) is 0 Å². The molecular formula is C11H14B3NO2. The fraction of sp³-hybridized carbons (Fsp3) is 0.364. The monoisotopic (exact) mass is 225 g/mol. The van der Waals surface area contributed by atoms with Gasteiger partial charge in [-0.2, -0.15) is 0 Å². The van der Waals surface area contributed by atoms with E-state index in [9.17, 15) is 4.79 Å². The maximum absolute atomic E-state index is 11.7. The third kappa shape index (κ3) is 1.80. The van der Waals surface area contributed by atoms with Crippen LogP contribution >= 0.6 is 0 Å². The van der Waals surface area contributed by atoms with Crippen LogP contribution in [0.4, 0.5) is 0 Å². The van der Waals surface area contributed by atoms with Gasteiger partial charge in [0, 0.05) is 5.82 Å². The summed E-state index contributed by atoms with van der Waals surface area (Å²) >= 11 is 0. The fourth-order valence-electron chi connectivity index (χ4n) is 3.00. The van der Waals surface area contributed by atoms with Crippen LogP contribution < -0.4 is 5.48 Å². The first kappa shape index (κ1) is 11.0. The van der Waals surface area contributed by atoms with E-state index >= 15 is 0 Å². The Morgan fingerprint density at radius 1 is 1.41 bits per heavy atom. The van der Waals surface area contributed by atoms with Crippen molar-refractivity contribution >= 4 is 28.3 Å². The molecule has 2 atom stereocenters. The number of amides is 1. The van der Waals surface area contributed by atoms with E-state index in [1.807, 2.05) is 30.3 Å². The largest absolute Gasteiger partial charge is 0.273 e. The van der Waals surface area contributed by atoms with E-state index in [1.54, 1.807) is 0 Å². The Labute approximate surface area is 103 Å². The van der Waals surface area contributed by atoms with Crippen molar-refractivity contribution in [1.29, 1.82) is 0 Å². The van der Waals surface area contributed by atoms with Gasteiger partial charge < -0.3 is 0 Å². The minimum Gasteiger partial charge on any atom is -0.273 e. The third-order valence-electron chi connectivity index (χ3n) is 4.19. The summed E-state index contributed by atoms with van der Waals surface area (Å²) in [6, 6.07) is 9.83. The summed E-state index contributed by atoms with van der Waals surface area (Å²) in [5.41, 5.74) is 3.62. The van der Waals surface area contributed by atoms with E-state index in [0.29, 0.717) is 24.2 Å². The summed E-state index contributed by atoms with van der Waals surface area (Å²) in [5, 5.41) is 0.404. The first-order valence-electron chi connectivity index (χ1n) is 6.08. The van der Waals surface area contributed by atoms with Gasteiger partial charge >= 0.3 is 0 Å². The third-order valence-corrected chi connectivity index (χ3v) is 4.19. The first-order chi connectivity index (χ1) is 8.12. The molecule has 1 aromatic rings. The molecular weight excluding hydrogens is 211 g/mol. The SMILES string of the molecule is BC1(B)B2C(C(=O)NOCc3ccccc3)C21. The van der Waals surface area contributed by atoms with Crippen LogP contribution in [0.1, 0.15) is 5.56 Å². The van der Waals surface area contributed by atoms with Gasteiger partial charge in [0.05, 0.1) is 22.3 Å². The minimum atomic E-state index is 0.0512. The summed E-state index contributed by atoms with van der Waals surface area (Å²) in [4.78, 5) is 16.9. The average molecular weight is 225 g/mol. The van der Waals surface area contributed by atoms with Crippen molar-refractivity contribution in [3.05, 3.63) is 35.9 Å². The lowest BCUT2D eigenvalue weighted by Crippen LogP contribution is -2.29. The van der Waals surface area contributed by atoms with E-state index in [2.05, 4.69) is 21.2 Å². The topological polar surface area (TPSA) is 38.3 Å². The number of rotatable bonds is 4. The van der Waals surface area contributed by atoms with Crippen molar-refractivity contribution in [1.82, 2.24) is 5.48 Å². The van der Waals surface area contributed by atoms with Crippen molar-refractivity contribution in [2.24, 2.45) is 0 Å². The van der Waals surface area contributed by atoms with Crippen molar-refractivity contribution < 1.29 is 9.63 Å². The molecule has 0 bridgehead atoms. The number of benzene rings is 1. The van der Waals surface area contributed by atoms with Gasteiger partial charge in [0.25, 0.3) is 0 Å². The van der Waals surface area contributed by atoms with Crippen molar-refractivity contribution in [2.45, 2.75) is 23.4 Å². The van der Waals surface area contributed by atoms with Gasteiger partial charge in [0.1, 0.15) is 6.71 Å². The summed E-state index contributed by atoms with van der Waals surface area (Å²) in [5.74, 6) is 0.860. The smallest absolute Gasteiger partial charge is 0.238 e. The predicted molar refractivity (Wildman–Crippen MR) is 72.4 cm³/mol. The molecule has 1 amide bonds. The van der Waals surface area contributed by atoms with Gasteiger partial charge in [-0.15, -0.1) is 5.11 Å². The molecule has 0 radical (unpaired) electrons. The molecule has 0 spiro atoms. The maximum Gasteiger partial charge on any atom is 0.238 e. The number of hydrogen-bond donors (Lipinski definition) is 1. The van der Waals surface area contributed by atoms with Gasteiger partial charge in [-0.1, -0.05) is 36.1 Å². The Bertz CT molecular complexity index is 439. The number of hydroxylamine groups is 1. The molecule has 2 aliphatic heterocycles. The van der Waals surface area contributed by atoms with Crippen molar-refractivity contribution in [2.75, 3.05) is 0 Å². The van der Waals surface area contributed by atoms with Crippen LogP contribution in [0.15, 0.2) is 30.3 Å². The molecule has 6 heteroatoms. The summed E-state index contributed by atoms with van der Waals surface area (Å²) in [6.45, 7) is 1.03. The van der Waals surface area contributed by atoms with Crippen LogP contribution in [0.25, 0.3) is 0 Å². The first-order valence-corrected chi connectivity index (χ1v) is 6.08. The second kappa shape index (κ2) is 3.67. The Morgan fingerprint density at radius 2 is 2.06 bits per heavy atom. The molecule has 2 saturated heterocycles. The van der Waals surface area contributed by atoms with Crippen LogP contribution in [0, 0.1) is 0 Å². The van der Waals surface area contributed by atoms with Crippen LogP contribution in [0.2, 0.25) is 16.7 Å². The van der Waals surface area contributed by atoms with Gasteiger partial charge in [-0.3, -0.25) is 9.63 Å². The fourth-order valence-corrected chi connectivity index (χ4v) is 3.00. The zero-order chi connectivity index (χ0) is 12.0. The molecule has 2 heterocycles. The highest BCUT2D eigenvalue weighted by Gasteiger charge is 2.82. The van der Waals surface area contributed by atoms with Crippen LogP contribution in [-0.4, -0.2) is 28.3 Å². The molecule has 2 fully saturated rings. The number of carbonyl (C=O) groups excluding carboxylic acids is 1. The highest BCUT2D eigenvalue weighted by Crippen LogP contribution is 2.84. The summed E-state index contributed by atoms with van der Waals surface area (Å²) in [6.07, 6.45) is 0. The second-order valence-corrected chi connectivity index (χ2v) is 5.64. The lowest BCUT2D eigenvalue weighted by atomic mass is 9.41. The summed E-state index contributed by atoms with van der Waals surface area (Å²) in [7, 11) is 4.44.